The number of hydrogen-bond donors (Lipinski definition) is 1. The average molecular weight is 359 g/mol. The zero-order valence-corrected chi connectivity index (χ0v) is 14.7. The van der Waals surface area contributed by atoms with Gasteiger partial charge in [0.05, 0.1) is 5.75 Å². The van der Waals surface area contributed by atoms with Crippen molar-refractivity contribution in [1.82, 2.24) is 9.21 Å². The minimum atomic E-state index is -3.38. The summed E-state index contributed by atoms with van der Waals surface area (Å²) in [5.41, 5.74) is 7.57. The summed E-state index contributed by atoms with van der Waals surface area (Å²) in [5.74, 6) is -0.111. The van der Waals surface area contributed by atoms with Gasteiger partial charge in [-0.25, -0.2) is 8.42 Å². The van der Waals surface area contributed by atoms with Crippen molar-refractivity contribution in [2.24, 2.45) is 0 Å². The van der Waals surface area contributed by atoms with Crippen LogP contribution in [0.3, 0.4) is 0 Å². The third-order valence-electron chi connectivity index (χ3n) is 4.27. The number of sulfonamides is 1. The van der Waals surface area contributed by atoms with E-state index >= 15 is 0 Å². The monoisotopic (exact) mass is 359 g/mol. The summed E-state index contributed by atoms with van der Waals surface area (Å²) in [6.07, 6.45) is 0. The van der Waals surface area contributed by atoms with Crippen molar-refractivity contribution in [1.29, 1.82) is 0 Å². The van der Waals surface area contributed by atoms with Crippen molar-refractivity contribution in [2.75, 3.05) is 31.9 Å². The van der Waals surface area contributed by atoms with Gasteiger partial charge in [-0.3, -0.25) is 4.79 Å². The molecule has 7 heteroatoms. The standard InChI is InChI=1S/C18H21N3O3S/c19-17-8-6-16(7-9-17)18(22)20-10-12-21(13-11-20)25(23,24)14-15-4-2-1-3-5-15/h1-9H,10-14,19H2. The Morgan fingerprint density at radius 2 is 1.52 bits per heavy atom. The molecule has 0 radical (unpaired) electrons. The van der Waals surface area contributed by atoms with Crippen molar-refractivity contribution in [3.05, 3.63) is 65.7 Å². The lowest BCUT2D eigenvalue weighted by atomic mass is 10.1. The molecule has 0 unspecified atom stereocenters. The van der Waals surface area contributed by atoms with Gasteiger partial charge in [-0.1, -0.05) is 30.3 Å². The molecule has 1 aliphatic heterocycles. The van der Waals surface area contributed by atoms with Crippen LogP contribution in [-0.2, 0) is 15.8 Å². The molecule has 1 amide bonds. The number of carbonyl (C=O) groups is 1. The minimum absolute atomic E-state index is 0.0141. The first-order valence-corrected chi connectivity index (χ1v) is 9.73. The maximum absolute atomic E-state index is 12.5. The molecule has 0 aliphatic carbocycles. The van der Waals surface area contributed by atoms with Gasteiger partial charge in [0.1, 0.15) is 0 Å². The normalized spacial score (nSPS) is 15.9. The molecule has 0 bridgehead atoms. The zero-order valence-electron chi connectivity index (χ0n) is 13.8. The number of amides is 1. The Bertz CT molecular complexity index is 828. The van der Waals surface area contributed by atoms with Crippen LogP contribution in [0, 0.1) is 0 Å². The van der Waals surface area contributed by atoms with E-state index in [4.69, 9.17) is 5.73 Å². The second-order valence-electron chi connectivity index (χ2n) is 6.06. The first-order valence-electron chi connectivity index (χ1n) is 8.12. The first-order chi connectivity index (χ1) is 12.0. The molecule has 1 aliphatic rings. The molecule has 6 nitrogen and oxygen atoms in total. The maximum atomic E-state index is 12.5. The van der Waals surface area contributed by atoms with Crippen LogP contribution in [0.2, 0.25) is 0 Å². The Morgan fingerprint density at radius 1 is 0.920 bits per heavy atom. The van der Waals surface area contributed by atoms with Gasteiger partial charge < -0.3 is 10.6 Å². The minimum Gasteiger partial charge on any atom is -0.399 e. The van der Waals surface area contributed by atoms with E-state index in [0.29, 0.717) is 37.4 Å². The number of benzene rings is 2. The molecule has 132 valence electrons. The summed E-state index contributed by atoms with van der Waals surface area (Å²) in [6, 6.07) is 15.9. The van der Waals surface area contributed by atoms with Gasteiger partial charge in [0.15, 0.2) is 0 Å². The van der Waals surface area contributed by atoms with E-state index in [-0.39, 0.29) is 11.7 Å². The van der Waals surface area contributed by atoms with Crippen LogP contribution in [0.15, 0.2) is 54.6 Å². The van der Waals surface area contributed by atoms with Crippen molar-refractivity contribution in [3.8, 4) is 0 Å². The lowest BCUT2D eigenvalue weighted by Crippen LogP contribution is -2.50. The highest BCUT2D eigenvalue weighted by Crippen LogP contribution is 2.16. The van der Waals surface area contributed by atoms with Crippen LogP contribution in [0.1, 0.15) is 15.9 Å². The van der Waals surface area contributed by atoms with Crippen LogP contribution < -0.4 is 5.73 Å². The van der Waals surface area contributed by atoms with Crippen LogP contribution in [0.4, 0.5) is 5.69 Å². The number of nitrogens with zero attached hydrogens (tertiary/aromatic N) is 2. The smallest absolute Gasteiger partial charge is 0.253 e. The molecular formula is C18H21N3O3S. The number of piperazine rings is 1. The summed E-state index contributed by atoms with van der Waals surface area (Å²) < 4.78 is 26.6. The predicted molar refractivity (Wildman–Crippen MR) is 97.4 cm³/mol. The van der Waals surface area contributed by atoms with E-state index in [1.165, 1.54) is 4.31 Å². The number of carbonyl (C=O) groups excluding carboxylic acids is 1. The van der Waals surface area contributed by atoms with Gasteiger partial charge in [0, 0.05) is 37.4 Å². The molecular weight excluding hydrogens is 338 g/mol. The summed E-state index contributed by atoms with van der Waals surface area (Å²) in [5, 5.41) is 0. The number of anilines is 1. The Balaban J connectivity index is 1.61. The Morgan fingerprint density at radius 3 is 2.12 bits per heavy atom. The Labute approximate surface area is 147 Å². The Kier molecular flexibility index (Phi) is 5.06. The lowest BCUT2D eigenvalue weighted by molar-refractivity contribution is 0.0698. The molecule has 3 rings (SSSR count). The molecule has 2 aromatic rings. The van der Waals surface area contributed by atoms with Gasteiger partial charge in [0.2, 0.25) is 10.0 Å². The van der Waals surface area contributed by atoms with Gasteiger partial charge in [-0.05, 0) is 29.8 Å². The van der Waals surface area contributed by atoms with Crippen molar-refractivity contribution < 1.29 is 13.2 Å². The van der Waals surface area contributed by atoms with Gasteiger partial charge in [-0.15, -0.1) is 0 Å². The number of nitrogen functional groups attached to an aromatic ring is 1. The highest BCUT2D eigenvalue weighted by molar-refractivity contribution is 7.88. The van der Waals surface area contributed by atoms with Gasteiger partial charge in [0.25, 0.3) is 5.91 Å². The average Bonchev–Trinajstić information content (AvgIpc) is 2.62. The highest BCUT2D eigenvalue weighted by atomic mass is 32.2. The predicted octanol–water partition coefficient (Wildman–Crippen LogP) is 1.56. The van der Waals surface area contributed by atoms with E-state index in [2.05, 4.69) is 0 Å². The van der Waals surface area contributed by atoms with E-state index in [1.807, 2.05) is 18.2 Å². The van der Waals surface area contributed by atoms with Crippen LogP contribution in [0.5, 0.6) is 0 Å². The van der Waals surface area contributed by atoms with E-state index in [9.17, 15) is 13.2 Å². The Hall–Kier alpha value is -2.38. The lowest BCUT2D eigenvalue weighted by Gasteiger charge is -2.34. The van der Waals surface area contributed by atoms with Crippen LogP contribution in [-0.4, -0.2) is 49.7 Å². The molecule has 25 heavy (non-hydrogen) atoms. The summed E-state index contributed by atoms with van der Waals surface area (Å²) >= 11 is 0. The highest BCUT2D eigenvalue weighted by Gasteiger charge is 2.29. The third-order valence-corrected chi connectivity index (χ3v) is 6.12. The van der Waals surface area contributed by atoms with Crippen molar-refractivity contribution >= 4 is 21.6 Å². The largest absolute Gasteiger partial charge is 0.399 e. The topological polar surface area (TPSA) is 83.7 Å². The maximum Gasteiger partial charge on any atom is 0.253 e. The van der Waals surface area contributed by atoms with E-state index in [0.717, 1.165) is 5.56 Å². The van der Waals surface area contributed by atoms with Crippen molar-refractivity contribution in [3.63, 3.8) is 0 Å². The first kappa shape index (κ1) is 17.4. The molecule has 2 aromatic carbocycles. The van der Waals surface area contributed by atoms with E-state index in [1.54, 1.807) is 41.3 Å². The second kappa shape index (κ2) is 7.25. The summed E-state index contributed by atoms with van der Waals surface area (Å²) in [7, 11) is -3.38. The molecule has 0 spiro atoms. The molecule has 0 aromatic heterocycles. The van der Waals surface area contributed by atoms with Crippen LogP contribution >= 0.6 is 0 Å². The van der Waals surface area contributed by atoms with Crippen molar-refractivity contribution in [2.45, 2.75) is 5.75 Å². The molecule has 1 fully saturated rings. The molecule has 1 heterocycles. The number of nitrogens with two attached hydrogens (primary N) is 1. The number of hydrogen-bond acceptors (Lipinski definition) is 4. The van der Waals surface area contributed by atoms with Crippen LogP contribution in [0.25, 0.3) is 0 Å². The van der Waals surface area contributed by atoms with E-state index < -0.39 is 10.0 Å². The number of rotatable bonds is 4. The fourth-order valence-electron chi connectivity index (χ4n) is 2.85. The van der Waals surface area contributed by atoms with Gasteiger partial charge in [-0.2, -0.15) is 4.31 Å². The fraction of sp³-hybridized carbons (Fsp3) is 0.278. The zero-order chi connectivity index (χ0) is 17.9. The molecule has 2 N–H and O–H groups in total. The molecule has 1 saturated heterocycles. The summed E-state index contributed by atoms with van der Waals surface area (Å²) in [4.78, 5) is 14.2. The SMILES string of the molecule is Nc1ccc(C(=O)N2CCN(S(=O)(=O)Cc3ccccc3)CC2)cc1. The van der Waals surface area contributed by atoms with Gasteiger partial charge >= 0.3 is 0 Å². The second-order valence-corrected chi connectivity index (χ2v) is 8.02. The molecule has 0 atom stereocenters. The fourth-order valence-corrected chi connectivity index (χ4v) is 4.37. The molecule has 0 saturated carbocycles. The quantitative estimate of drug-likeness (QED) is 0.840. The summed E-state index contributed by atoms with van der Waals surface area (Å²) in [6.45, 7) is 1.40. The third kappa shape index (κ3) is 4.18.